The summed E-state index contributed by atoms with van der Waals surface area (Å²) < 4.78 is 0. The van der Waals surface area contributed by atoms with Crippen LogP contribution < -0.4 is 5.32 Å². The van der Waals surface area contributed by atoms with Gasteiger partial charge in [0, 0.05) is 23.1 Å². The molecular weight excluding hydrogens is 407 g/mol. The molecule has 6 heteroatoms. The summed E-state index contributed by atoms with van der Waals surface area (Å²) >= 11 is 12.5. The number of amides is 2. The van der Waals surface area contributed by atoms with Gasteiger partial charge < -0.3 is 10.2 Å². The number of halogens is 2. The van der Waals surface area contributed by atoms with Crippen LogP contribution in [0.3, 0.4) is 0 Å². The van der Waals surface area contributed by atoms with E-state index in [2.05, 4.69) is 12.2 Å². The number of rotatable bonds is 9. The Kier molecular flexibility index (Phi) is 8.99. The molecule has 2 aromatic rings. The molecule has 0 aliphatic heterocycles. The Bertz CT molecular complexity index is 834. The Hall–Kier alpha value is -2.04. The van der Waals surface area contributed by atoms with Crippen molar-refractivity contribution < 1.29 is 9.59 Å². The first-order chi connectivity index (χ1) is 13.8. The average Bonchev–Trinajstić information content (AvgIpc) is 2.69. The molecule has 0 aliphatic carbocycles. The molecule has 0 fully saturated rings. The first kappa shape index (κ1) is 23.2. The Morgan fingerprint density at radius 1 is 1.07 bits per heavy atom. The van der Waals surface area contributed by atoms with E-state index in [4.69, 9.17) is 23.2 Å². The van der Waals surface area contributed by atoms with Crippen molar-refractivity contribution in [3.8, 4) is 0 Å². The van der Waals surface area contributed by atoms with Crippen LogP contribution in [0, 0.1) is 6.92 Å². The highest BCUT2D eigenvalue weighted by Gasteiger charge is 2.27. The molecule has 0 heterocycles. The molecule has 0 bridgehead atoms. The van der Waals surface area contributed by atoms with Gasteiger partial charge in [-0.3, -0.25) is 9.59 Å². The van der Waals surface area contributed by atoms with Crippen LogP contribution in [0.5, 0.6) is 0 Å². The minimum atomic E-state index is -0.611. The fourth-order valence-corrected chi connectivity index (χ4v) is 3.57. The van der Waals surface area contributed by atoms with Crippen LogP contribution in [0.15, 0.2) is 42.5 Å². The second-order valence-corrected chi connectivity index (χ2v) is 7.96. The maximum absolute atomic E-state index is 13.2. The first-order valence-corrected chi connectivity index (χ1v) is 10.6. The number of aryl methyl sites for hydroxylation is 1. The van der Waals surface area contributed by atoms with Crippen molar-refractivity contribution in [1.29, 1.82) is 0 Å². The van der Waals surface area contributed by atoms with Gasteiger partial charge in [-0.05, 0) is 49.1 Å². The lowest BCUT2D eigenvalue weighted by Gasteiger charge is -2.29. The minimum absolute atomic E-state index is 0.0387. The van der Waals surface area contributed by atoms with Crippen molar-refractivity contribution >= 4 is 35.0 Å². The van der Waals surface area contributed by atoms with Gasteiger partial charge >= 0.3 is 0 Å². The minimum Gasteiger partial charge on any atom is -0.354 e. The number of unbranched alkanes of at least 4 members (excludes halogenated alkanes) is 1. The van der Waals surface area contributed by atoms with Gasteiger partial charge in [0.25, 0.3) is 0 Å². The van der Waals surface area contributed by atoms with E-state index in [0.717, 1.165) is 24.0 Å². The summed E-state index contributed by atoms with van der Waals surface area (Å²) in [6.07, 6.45) is 1.93. The summed E-state index contributed by atoms with van der Waals surface area (Å²) in [5.41, 5.74) is 2.65. The van der Waals surface area contributed by atoms with Crippen LogP contribution in [0.2, 0.25) is 10.0 Å². The summed E-state index contributed by atoms with van der Waals surface area (Å²) in [5.74, 6) is -0.355. The summed E-state index contributed by atoms with van der Waals surface area (Å²) in [5, 5.41) is 3.81. The molecule has 2 rings (SSSR count). The third-order valence-electron chi connectivity index (χ3n) is 4.99. The number of carbonyl (C=O) groups excluding carboxylic acids is 2. The van der Waals surface area contributed by atoms with Crippen molar-refractivity contribution in [3.63, 3.8) is 0 Å². The number of nitrogens with zero attached hydrogens (tertiary/aromatic N) is 1. The molecule has 2 aromatic carbocycles. The van der Waals surface area contributed by atoms with Crippen LogP contribution in [0.1, 0.15) is 43.4 Å². The van der Waals surface area contributed by atoms with Crippen molar-refractivity contribution in [2.45, 2.75) is 52.6 Å². The highest BCUT2D eigenvalue weighted by atomic mass is 35.5. The Morgan fingerprint density at radius 2 is 1.72 bits per heavy atom. The largest absolute Gasteiger partial charge is 0.354 e. The molecule has 0 spiro atoms. The topological polar surface area (TPSA) is 49.4 Å². The van der Waals surface area contributed by atoms with Gasteiger partial charge in [-0.25, -0.2) is 0 Å². The second kappa shape index (κ2) is 11.2. The Labute approximate surface area is 183 Å². The van der Waals surface area contributed by atoms with E-state index in [1.54, 1.807) is 30.0 Å². The number of nitrogens with one attached hydrogen (secondary N) is 1. The van der Waals surface area contributed by atoms with Gasteiger partial charge in [-0.2, -0.15) is 0 Å². The molecule has 29 heavy (non-hydrogen) atoms. The Morgan fingerprint density at radius 3 is 2.34 bits per heavy atom. The van der Waals surface area contributed by atoms with E-state index in [1.807, 2.05) is 31.2 Å². The third-order valence-corrected chi connectivity index (χ3v) is 5.70. The number of hydrogen-bond donors (Lipinski definition) is 1. The van der Waals surface area contributed by atoms with Crippen molar-refractivity contribution in [3.05, 3.63) is 69.2 Å². The monoisotopic (exact) mass is 434 g/mol. The second-order valence-electron chi connectivity index (χ2n) is 7.15. The van der Waals surface area contributed by atoms with E-state index in [0.29, 0.717) is 28.7 Å². The molecule has 2 amide bonds. The van der Waals surface area contributed by atoms with Crippen LogP contribution >= 0.6 is 23.2 Å². The zero-order chi connectivity index (χ0) is 21.4. The van der Waals surface area contributed by atoms with E-state index < -0.39 is 6.04 Å². The molecule has 0 unspecified atom stereocenters. The van der Waals surface area contributed by atoms with Gasteiger partial charge in [0.1, 0.15) is 6.04 Å². The van der Waals surface area contributed by atoms with Crippen LogP contribution in [0.4, 0.5) is 0 Å². The molecule has 0 saturated heterocycles. The number of hydrogen-bond acceptors (Lipinski definition) is 2. The van der Waals surface area contributed by atoms with Gasteiger partial charge in [0.15, 0.2) is 0 Å². The van der Waals surface area contributed by atoms with E-state index in [9.17, 15) is 9.59 Å². The molecule has 1 atom stereocenters. The van der Waals surface area contributed by atoms with Crippen molar-refractivity contribution in [2.24, 2.45) is 0 Å². The average molecular weight is 435 g/mol. The molecule has 156 valence electrons. The molecule has 4 nitrogen and oxygen atoms in total. The molecule has 0 saturated carbocycles. The zero-order valence-electron chi connectivity index (χ0n) is 17.2. The quantitative estimate of drug-likeness (QED) is 0.552. The highest BCUT2D eigenvalue weighted by molar-refractivity contribution is 6.36. The third kappa shape index (κ3) is 6.48. The van der Waals surface area contributed by atoms with Crippen LogP contribution in [0.25, 0.3) is 0 Å². The van der Waals surface area contributed by atoms with Crippen LogP contribution in [-0.2, 0) is 22.6 Å². The maximum atomic E-state index is 13.2. The Balaban J connectivity index is 2.26. The molecule has 0 radical (unpaired) electrons. The van der Waals surface area contributed by atoms with E-state index in [-0.39, 0.29) is 18.2 Å². The molecule has 1 N–H and O–H groups in total. The summed E-state index contributed by atoms with van der Waals surface area (Å²) in [7, 11) is 0. The molecular formula is C23H28Cl2N2O2. The SMILES string of the molecule is CCCCNC(=O)[C@H](C)N(Cc1ccccc1C)C(=O)Cc1c(Cl)cccc1Cl. The summed E-state index contributed by atoms with van der Waals surface area (Å²) in [6, 6.07) is 12.4. The fourth-order valence-electron chi connectivity index (χ4n) is 3.04. The number of benzene rings is 2. The summed E-state index contributed by atoms with van der Waals surface area (Å²) in [4.78, 5) is 27.5. The van der Waals surface area contributed by atoms with Crippen molar-refractivity contribution in [2.75, 3.05) is 6.54 Å². The molecule has 0 aliphatic rings. The number of carbonyl (C=O) groups is 2. The zero-order valence-corrected chi connectivity index (χ0v) is 18.7. The van der Waals surface area contributed by atoms with Gasteiger partial charge in [0.2, 0.25) is 11.8 Å². The van der Waals surface area contributed by atoms with Gasteiger partial charge in [-0.1, -0.05) is 66.9 Å². The normalized spacial score (nSPS) is 11.8. The smallest absolute Gasteiger partial charge is 0.242 e. The van der Waals surface area contributed by atoms with Gasteiger partial charge in [0.05, 0.1) is 6.42 Å². The lowest BCUT2D eigenvalue weighted by Crippen LogP contribution is -2.48. The van der Waals surface area contributed by atoms with E-state index in [1.165, 1.54) is 0 Å². The standard InChI is InChI=1S/C23H28Cl2N2O2/c1-4-5-13-26-23(29)17(3)27(15-18-10-7-6-9-16(18)2)22(28)14-19-20(24)11-8-12-21(19)25/h6-12,17H,4-5,13-15H2,1-3H3,(H,26,29)/t17-/m0/s1. The highest BCUT2D eigenvalue weighted by Crippen LogP contribution is 2.26. The first-order valence-electron chi connectivity index (χ1n) is 9.89. The predicted octanol–water partition coefficient (Wildman–Crippen LogP) is 5.18. The summed E-state index contributed by atoms with van der Waals surface area (Å²) in [6.45, 7) is 6.76. The van der Waals surface area contributed by atoms with Crippen molar-refractivity contribution in [1.82, 2.24) is 10.2 Å². The predicted molar refractivity (Wildman–Crippen MR) is 119 cm³/mol. The lowest BCUT2D eigenvalue weighted by molar-refractivity contribution is -0.140. The van der Waals surface area contributed by atoms with Crippen LogP contribution in [-0.4, -0.2) is 29.3 Å². The maximum Gasteiger partial charge on any atom is 0.242 e. The lowest BCUT2D eigenvalue weighted by atomic mass is 10.1. The van der Waals surface area contributed by atoms with Gasteiger partial charge in [-0.15, -0.1) is 0 Å². The van der Waals surface area contributed by atoms with E-state index >= 15 is 0 Å². The molecule has 0 aromatic heterocycles. The fraction of sp³-hybridized carbons (Fsp3) is 0.391.